The first-order valence-electron chi connectivity index (χ1n) is 8.13. The van der Waals surface area contributed by atoms with Gasteiger partial charge in [-0.1, -0.05) is 36.8 Å². The van der Waals surface area contributed by atoms with E-state index in [0.717, 1.165) is 23.4 Å². The molecule has 0 heterocycles. The predicted molar refractivity (Wildman–Crippen MR) is 114 cm³/mol. The molecule has 0 saturated heterocycles. The summed E-state index contributed by atoms with van der Waals surface area (Å²) < 4.78 is 0.273. The summed E-state index contributed by atoms with van der Waals surface area (Å²) in [6, 6.07) is 0. The Morgan fingerprint density at radius 1 is 1.38 bits per heavy atom. The average Bonchev–Trinajstić information content (AvgIpc) is 2.87. The average molecular weight is 375 g/mol. The van der Waals surface area contributed by atoms with Gasteiger partial charge in [0, 0.05) is 20.1 Å². The quantitative estimate of drug-likeness (QED) is 0.221. The second-order valence-corrected chi connectivity index (χ2v) is 8.68. The first kappa shape index (κ1) is 19.3. The van der Waals surface area contributed by atoms with Crippen molar-refractivity contribution in [2.45, 2.75) is 38.2 Å². The Hall–Kier alpha value is -1.05. The zero-order valence-electron chi connectivity index (χ0n) is 14.3. The van der Waals surface area contributed by atoms with Gasteiger partial charge in [-0.2, -0.15) is 12.6 Å². The third kappa shape index (κ3) is 5.79. The third-order valence-electron chi connectivity index (χ3n) is 3.64. The summed E-state index contributed by atoms with van der Waals surface area (Å²) >= 11 is 12.4. The van der Waals surface area contributed by atoms with Crippen molar-refractivity contribution >= 4 is 36.0 Å². The van der Waals surface area contributed by atoms with Gasteiger partial charge in [0.05, 0.1) is 0 Å². The molecule has 2 aliphatic rings. The maximum absolute atomic E-state index is 6.04. The lowest BCUT2D eigenvalue weighted by Crippen LogP contribution is -1.90. The minimum Gasteiger partial charge on any atom is -0.165 e. The maximum atomic E-state index is 6.04. The molecule has 126 valence electrons. The second kappa shape index (κ2) is 9.44. The molecular formula is C21H23ClS2. The molecule has 0 N–H and O–H groups in total. The minimum absolute atomic E-state index is 0.273. The Bertz CT molecular complexity index is 734. The van der Waals surface area contributed by atoms with Crippen LogP contribution in [0.15, 0.2) is 86.6 Å². The van der Waals surface area contributed by atoms with E-state index in [1.54, 1.807) is 11.8 Å². The molecule has 0 bridgehead atoms. The lowest BCUT2D eigenvalue weighted by molar-refractivity contribution is 1.19. The number of thioether (sulfide) groups is 1. The van der Waals surface area contributed by atoms with Crippen molar-refractivity contribution in [3.63, 3.8) is 0 Å². The van der Waals surface area contributed by atoms with E-state index in [1.165, 1.54) is 21.6 Å². The minimum atomic E-state index is 0.273. The molecule has 0 aromatic rings. The Kier molecular flexibility index (Phi) is 7.58. The Labute approximate surface area is 160 Å². The van der Waals surface area contributed by atoms with Gasteiger partial charge < -0.3 is 0 Å². The van der Waals surface area contributed by atoms with Crippen LogP contribution in [0.25, 0.3) is 0 Å². The summed E-state index contributed by atoms with van der Waals surface area (Å²) in [4.78, 5) is 1.30. The molecule has 0 aliphatic heterocycles. The lowest BCUT2D eigenvalue weighted by atomic mass is 10.0. The molecule has 3 heteroatoms. The van der Waals surface area contributed by atoms with Crippen LogP contribution >= 0.6 is 36.0 Å². The van der Waals surface area contributed by atoms with Crippen LogP contribution in [0.5, 0.6) is 0 Å². The van der Waals surface area contributed by atoms with E-state index in [-0.39, 0.29) is 4.58 Å². The highest BCUT2D eigenvalue weighted by molar-refractivity contribution is 8.13. The molecule has 1 atom stereocenters. The number of halogens is 1. The largest absolute Gasteiger partial charge is 0.165 e. The van der Waals surface area contributed by atoms with Crippen LogP contribution in [-0.2, 0) is 0 Å². The van der Waals surface area contributed by atoms with Gasteiger partial charge in [-0.3, -0.25) is 0 Å². The first-order valence-corrected chi connectivity index (χ1v) is 9.91. The van der Waals surface area contributed by atoms with Crippen molar-refractivity contribution in [1.82, 2.24) is 0 Å². The molecule has 1 unspecified atom stereocenters. The molecule has 0 saturated carbocycles. The van der Waals surface area contributed by atoms with Crippen LogP contribution < -0.4 is 0 Å². The fourth-order valence-corrected chi connectivity index (χ4v) is 3.83. The van der Waals surface area contributed by atoms with Crippen molar-refractivity contribution in [1.29, 1.82) is 0 Å². The number of thiol groups is 1. The van der Waals surface area contributed by atoms with Crippen molar-refractivity contribution in [2.75, 3.05) is 0 Å². The zero-order valence-corrected chi connectivity index (χ0v) is 16.8. The summed E-state index contributed by atoms with van der Waals surface area (Å²) in [6.45, 7) is 6.45. The molecule has 0 aromatic carbocycles. The van der Waals surface area contributed by atoms with Gasteiger partial charge in [-0.25, -0.2) is 0 Å². The fourth-order valence-electron chi connectivity index (χ4n) is 2.51. The van der Waals surface area contributed by atoms with Crippen molar-refractivity contribution in [3.8, 4) is 0 Å². The smallest absolute Gasteiger partial charge is 0.0491 e. The van der Waals surface area contributed by atoms with Crippen molar-refractivity contribution < 1.29 is 0 Å². The monoisotopic (exact) mass is 374 g/mol. The van der Waals surface area contributed by atoms with Gasteiger partial charge in [-0.05, 0) is 73.8 Å². The lowest BCUT2D eigenvalue weighted by Gasteiger charge is -2.11. The molecule has 2 rings (SSSR count). The molecule has 0 radical (unpaired) electrons. The number of hydrogen-bond acceptors (Lipinski definition) is 2. The highest BCUT2D eigenvalue weighted by atomic mass is 35.5. The first-order chi connectivity index (χ1) is 11.5. The van der Waals surface area contributed by atoms with E-state index in [0.29, 0.717) is 0 Å². The molecule has 0 spiro atoms. The molecule has 2 aliphatic carbocycles. The van der Waals surface area contributed by atoms with E-state index in [9.17, 15) is 0 Å². The topological polar surface area (TPSA) is 0 Å². The SMILES string of the molecule is CC/C=C(C)/C(=C/C1=CC=C(C2=C=CC=C(Cl)C=C2)C1)SC(C)S. The van der Waals surface area contributed by atoms with Gasteiger partial charge in [0.15, 0.2) is 0 Å². The van der Waals surface area contributed by atoms with Crippen molar-refractivity contribution in [3.05, 3.63) is 86.6 Å². The summed E-state index contributed by atoms with van der Waals surface area (Å²) in [5, 5.41) is 0.728. The summed E-state index contributed by atoms with van der Waals surface area (Å²) in [7, 11) is 0. The van der Waals surface area contributed by atoms with Gasteiger partial charge >= 0.3 is 0 Å². The Morgan fingerprint density at radius 2 is 2.17 bits per heavy atom. The van der Waals surface area contributed by atoms with Crippen LogP contribution in [0.2, 0.25) is 0 Å². The fraction of sp³-hybridized carbons (Fsp3) is 0.286. The standard InChI is InChI=1S/C21H23ClS2/c1-4-6-15(2)21(24-16(3)23)14-17-9-10-19(13-17)18-7-5-8-20(22)12-11-18/h5-6,8-12,14,16,23H,4,13H2,1-3H3/b15-6+,21-14-. The van der Waals surface area contributed by atoms with Crippen LogP contribution in [0, 0.1) is 0 Å². The number of allylic oxidation sites excluding steroid dienone is 12. The van der Waals surface area contributed by atoms with Crippen LogP contribution in [0.3, 0.4) is 0 Å². The summed E-state index contributed by atoms with van der Waals surface area (Å²) in [6.07, 6.45) is 18.6. The maximum Gasteiger partial charge on any atom is 0.0491 e. The normalized spacial score (nSPS) is 19.5. The summed E-state index contributed by atoms with van der Waals surface area (Å²) in [5.41, 5.74) is 8.30. The van der Waals surface area contributed by atoms with E-state index in [2.05, 4.69) is 63.4 Å². The predicted octanol–water partition coefficient (Wildman–Crippen LogP) is 7.27. The van der Waals surface area contributed by atoms with Gasteiger partial charge in [0.1, 0.15) is 0 Å². The molecule has 0 amide bonds. The van der Waals surface area contributed by atoms with E-state index in [4.69, 9.17) is 11.6 Å². The van der Waals surface area contributed by atoms with Crippen LogP contribution in [0.1, 0.15) is 33.6 Å². The van der Waals surface area contributed by atoms with E-state index < -0.39 is 0 Å². The number of hydrogen-bond donors (Lipinski definition) is 1. The van der Waals surface area contributed by atoms with E-state index >= 15 is 0 Å². The summed E-state index contributed by atoms with van der Waals surface area (Å²) in [5.74, 6) is 0. The second-order valence-electron chi connectivity index (χ2n) is 5.74. The highest BCUT2D eigenvalue weighted by Crippen LogP contribution is 2.34. The van der Waals surface area contributed by atoms with Gasteiger partial charge in [0.2, 0.25) is 0 Å². The molecule has 0 aromatic heterocycles. The highest BCUT2D eigenvalue weighted by Gasteiger charge is 2.12. The van der Waals surface area contributed by atoms with E-state index in [1.807, 2.05) is 24.3 Å². The molecule has 0 nitrogen and oxygen atoms in total. The Morgan fingerprint density at radius 3 is 2.88 bits per heavy atom. The van der Waals surface area contributed by atoms with Crippen molar-refractivity contribution in [2.24, 2.45) is 0 Å². The Balaban J connectivity index is 2.14. The van der Waals surface area contributed by atoms with Crippen LogP contribution in [0.4, 0.5) is 0 Å². The number of rotatable bonds is 6. The van der Waals surface area contributed by atoms with Crippen LogP contribution in [-0.4, -0.2) is 4.58 Å². The zero-order chi connectivity index (χ0) is 17.5. The molecule has 0 fully saturated rings. The molecular weight excluding hydrogens is 352 g/mol. The molecule has 24 heavy (non-hydrogen) atoms. The van der Waals surface area contributed by atoms with Gasteiger partial charge in [0.25, 0.3) is 0 Å². The van der Waals surface area contributed by atoms with Gasteiger partial charge in [-0.15, -0.1) is 17.5 Å². The third-order valence-corrected chi connectivity index (χ3v) is 5.25.